The normalized spacial score (nSPS) is 10.2. The summed E-state index contributed by atoms with van der Waals surface area (Å²) in [6.07, 6.45) is 0. The highest BCUT2D eigenvalue weighted by Crippen LogP contribution is 2.28. The van der Waals surface area contributed by atoms with E-state index in [4.69, 9.17) is 16.3 Å². The number of aromatic carboxylic acids is 1. The Morgan fingerprint density at radius 2 is 1.81 bits per heavy atom. The fraction of sp³-hybridized carbons (Fsp3) is 0.125. The molecule has 0 spiro atoms. The molecule has 21 heavy (non-hydrogen) atoms. The largest absolute Gasteiger partial charge is 0.488 e. The summed E-state index contributed by atoms with van der Waals surface area (Å²) in [5.74, 6) is -1.32. The molecule has 108 valence electrons. The van der Waals surface area contributed by atoms with Crippen molar-refractivity contribution >= 4 is 23.4 Å². The Kier molecular flexibility index (Phi) is 4.60. The van der Waals surface area contributed by atoms with Crippen LogP contribution in [0.4, 0.5) is 0 Å². The topological polar surface area (TPSA) is 63.6 Å². The molecule has 2 aromatic rings. The van der Waals surface area contributed by atoms with Gasteiger partial charge in [-0.25, -0.2) is 4.79 Å². The first-order valence-corrected chi connectivity index (χ1v) is 6.61. The average Bonchev–Trinajstić information content (AvgIpc) is 2.45. The predicted octanol–water partition coefficient (Wildman–Crippen LogP) is 3.82. The molecule has 0 atom stereocenters. The van der Waals surface area contributed by atoms with Gasteiger partial charge in [0.1, 0.15) is 17.9 Å². The summed E-state index contributed by atoms with van der Waals surface area (Å²) in [6.45, 7) is 1.55. The third-order valence-electron chi connectivity index (χ3n) is 2.92. The Balaban J connectivity index is 2.32. The molecule has 0 radical (unpaired) electrons. The summed E-state index contributed by atoms with van der Waals surface area (Å²) in [7, 11) is 0. The second-order valence-corrected chi connectivity index (χ2v) is 4.87. The molecular formula is C16H13ClO4. The molecule has 0 heterocycles. The van der Waals surface area contributed by atoms with Crippen LogP contribution in [0.5, 0.6) is 5.75 Å². The Bertz CT molecular complexity index is 680. The molecule has 2 rings (SSSR count). The molecule has 0 saturated heterocycles. The Morgan fingerprint density at radius 1 is 1.14 bits per heavy atom. The van der Waals surface area contributed by atoms with E-state index in [0.29, 0.717) is 0 Å². The van der Waals surface area contributed by atoms with Crippen molar-refractivity contribution in [2.75, 3.05) is 0 Å². The second-order valence-electron chi connectivity index (χ2n) is 4.46. The van der Waals surface area contributed by atoms with Crippen LogP contribution in [0, 0.1) is 0 Å². The van der Waals surface area contributed by atoms with E-state index in [0.717, 1.165) is 5.56 Å². The number of ketones is 1. The quantitative estimate of drug-likeness (QED) is 0.853. The van der Waals surface area contributed by atoms with Crippen molar-refractivity contribution in [2.45, 2.75) is 13.5 Å². The monoisotopic (exact) mass is 304 g/mol. The minimum Gasteiger partial charge on any atom is -0.488 e. The van der Waals surface area contributed by atoms with Crippen molar-refractivity contribution in [3.05, 3.63) is 64.2 Å². The van der Waals surface area contributed by atoms with Crippen LogP contribution >= 0.6 is 11.6 Å². The minimum atomic E-state index is -1.17. The fourth-order valence-corrected chi connectivity index (χ4v) is 2.13. The lowest BCUT2D eigenvalue weighted by Crippen LogP contribution is -2.06. The molecule has 0 aliphatic heterocycles. The number of hydrogen-bond donors (Lipinski definition) is 1. The van der Waals surface area contributed by atoms with Crippen LogP contribution in [0.25, 0.3) is 0 Å². The lowest BCUT2D eigenvalue weighted by molar-refractivity contribution is 0.0691. The van der Waals surface area contributed by atoms with Crippen LogP contribution in [0.2, 0.25) is 5.02 Å². The fourth-order valence-electron chi connectivity index (χ4n) is 1.85. The van der Waals surface area contributed by atoms with Crippen molar-refractivity contribution in [3.63, 3.8) is 0 Å². The lowest BCUT2D eigenvalue weighted by atomic mass is 10.1. The summed E-state index contributed by atoms with van der Waals surface area (Å²) in [5, 5.41) is 9.40. The van der Waals surface area contributed by atoms with Crippen LogP contribution in [0.1, 0.15) is 33.2 Å². The first-order chi connectivity index (χ1) is 9.99. The minimum absolute atomic E-state index is 0.0828. The van der Waals surface area contributed by atoms with E-state index < -0.39 is 5.97 Å². The Morgan fingerprint density at radius 3 is 2.38 bits per heavy atom. The third-order valence-corrected chi connectivity index (χ3v) is 3.23. The van der Waals surface area contributed by atoms with Gasteiger partial charge in [-0.15, -0.1) is 0 Å². The molecule has 1 N–H and O–H groups in total. The van der Waals surface area contributed by atoms with Gasteiger partial charge in [0.05, 0.1) is 5.02 Å². The summed E-state index contributed by atoms with van der Waals surface area (Å²) < 4.78 is 5.52. The Hall–Kier alpha value is -2.33. The molecule has 0 saturated carbocycles. The summed E-state index contributed by atoms with van der Waals surface area (Å²) >= 11 is 5.99. The number of carboxylic acid groups (broad SMARTS) is 1. The highest BCUT2D eigenvalue weighted by Gasteiger charge is 2.17. The first-order valence-electron chi connectivity index (χ1n) is 6.23. The average molecular weight is 305 g/mol. The molecule has 0 unspecified atom stereocenters. The standard InChI is InChI=1S/C16H13ClO4/c1-10(18)12-7-13(16(19)20)15(8-14(12)17)21-9-11-5-3-2-4-6-11/h2-8H,9H2,1H3,(H,19,20). The van der Waals surface area contributed by atoms with Crippen LogP contribution in [-0.2, 0) is 6.61 Å². The van der Waals surface area contributed by atoms with Gasteiger partial charge in [0.2, 0.25) is 0 Å². The maximum atomic E-state index is 11.4. The van der Waals surface area contributed by atoms with E-state index in [9.17, 15) is 14.7 Å². The van der Waals surface area contributed by atoms with Crippen LogP contribution in [0.3, 0.4) is 0 Å². The van der Waals surface area contributed by atoms with Gasteiger partial charge >= 0.3 is 5.97 Å². The van der Waals surface area contributed by atoms with Crippen molar-refractivity contribution in [3.8, 4) is 5.75 Å². The molecular weight excluding hydrogens is 292 g/mol. The highest BCUT2D eigenvalue weighted by atomic mass is 35.5. The SMILES string of the molecule is CC(=O)c1cc(C(=O)O)c(OCc2ccccc2)cc1Cl. The summed E-state index contributed by atoms with van der Waals surface area (Å²) in [6, 6.07) is 12.0. The number of rotatable bonds is 5. The third kappa shape index (κ3) is 3.61. The van der Waals surface area contributed by atoms with Gasteiger partial charge in [-0.3, -0.25) is 4.79 Å². The number of benzene rings is 2. The van der Waals surface area contributed by atoms with Crippen LogP contribution in [-0.4, -0.2) is 16.9 Å². The number of carbonyl (C=O) groups excluding carboxylic acids is 1. The van der Waals surface area contributed by atoms with Gasteiger partial charge in [0, 0.05) is 11.6 Å². The predicted molar refractivity (Wildman–Crippen MR) is 79.2 cm³/mol. The number of carboxylic acids is 1. The van der Waals surface area contributed by atoms with Crippen molar-refractivity contribution in [1.29, 1.82) is 0 Å². The molecule has 0 aliphatic carbocycles. The number of hydrogen-bond acceptors (Lipinski definition) is 3. The van der Waals surface area contributed by atoms with E-state index in [1.165, 1.54) is 19.1 Å². The van der Waals surface area contributed by atoms with E-state index >= 15 is 0 Å². The van der Waals surface area contributed by atoms with Gasteiger partial charge in [-0.1, -0.05) is 41.9 Å². The van der Waals surface area contributed by atoms with Gasteiger partial charge in [-0.05, 0) is 18.6 Å². The van der Waals surface area contributed by atoms with Crippen molar-refractivity contribution < 1.29 is 19.4 Å². The zero-order valence-electron chi connectivity index (χ0n) is 11.3. The van der Waals surface area contributed by atoms with Gasteiger partial charge in [0.25, 0.3) is 0 Å². The van der Waals surface area contributed by atoms with E-state index in [1.54, 1.807) is 0 Å². The molecule has 0 fully saturated rings. The van der Waals surface area contributed by atoms with E-state index in [2.05, 4.69) is 0 Å². The number of carbonyl (C=O) groups is 2. The Labute approximate surface area is 126 Å². The molecule has 0 aliphatic rings. The molecule has 5 heteroatoms. The van der Waals surface area contributed by atoms with E-state index in [-0.39, 0.29) is 34.3 Å². The number of Topliss-reactive ketones (excluding diaryl/α,β-unsaturated/α-hetero) is 1. The van der Waals surface area contributed by atoms with Crippen LogP contribution < -0.4 is 4.74 Å². The summed E-state index contributed by atoms with van der Waals surface area (Å²) in [4.78, 5) is 22.7. The first kappa shape index (κ1) is 15.1. The van der Waals surface area contributed by atoms with Gasteiger partial charge < -0.3 is 9.84 Å². The maximum Gasteiger partial charge on any atom is 0.339 e. The molecule has 0 aromatic heterocycles. The van der Waals surface area contributed by atoms with Crippen LogP contribution in [0.15, 0.2) is 42.5 Å². The molecule has 4 nitrogen and oxygen atoms in total. The molecule has 0 bridgehead atoms. The zero-order chi connectivity index (χ0) is 15.4. The van der Waals surface area contributed by atoms with E-state index in [1.807, 2.05) is 30.3 Å². The van der Waals surface area contributed by atoms with Gasteiger partial charge in [-0.2, -0.15) is 0 Å². The molecule has 0 amide bonds. The lowest BCUT2D eigenvalue weighted by Gasteiger charge is -2.11. The summed E-state index contributed by atoms with van der Waals surface area (Å²) in [5.41, 5.74) is 0.988. The second kappa shape index (κ2) is 6.41. The zero-order valence-corrected chi connectivity index (χ0v) is 12.1. The van der Waals surface area contributed by atoms with Crippen molar-refractivity contribution in [1.82, 2.24) is 0 Å². The maximum absolute atomic E-state index is 11.4. The van der Waals surface area contributed by atoms with Crippen molar-refractivity contribution in [2.24, 2.45) is 0 Å². The number of ether oxygens (including phenoxy) is 1. The number of halogens is 1. The molecule has 2 aromatic carbocycles. The van der Waals surface area contributed by atoms with Gasteiger partial charge in [0.15, 0.2) is 5.78 Å². The smallest absolute Gasteiger partial charge is 0.339 e. The highest BCUT2D eigenvalue weighted by molar-refractivity contribution is 6.34.